The second-order valence-electron chi connectivity index (χ2n) is 16.3. The van der Waals surface area contributed by atoms with E-state index < -0.39 is 29.7 Å². The Kier molecular flexibility index (Phi) is 14.6. The van der Waals surface area contributed by atoms with E-state index in [2.05, 4.69) is 0 Å². The van der Waals surface area contributed by atoms with Gasteiger partial charge >= 0.3 is 6.09 Å². The monoisotopic (exact) mass is 870 g/mol. The van der Waals surface area contributed by atoms with Gasteiger partial charge < -0.3 is 52.3 Å². The zero-order valence-corrected chi connectivity index (χ0v) is 38.0. The minimum atomic E-state index is -1.28. The van der Waals surface area contributed by atoms with E-state index in [1.54, 1.807) is 34.8 Å². The van der Waals surface area contributed by atoms with E-state index in [0.29, 0.717) is 68.1 Å². The van der Waals surface area contributed by atoms with Gasteiger partial charge in [-0.05, 0) is 57.9 Å². The van der Waals surface area contributed by atoms with Crippen molar-refractivity contribution in [2.24, 2.45) is 0 Å². The van der Waals surface area contributed by atoms with Gasteiger partial charge in [0.05, 0.1) is 80.1 Å². The number of amides is 2. The summed E-state index contributed by atoms with van der Waals surface area (Å²) < 4.78 is 59.6. The standard InChI is InChI=1S/C48H58N2O13/c1-28-40(55-8)33(34(44(58-11)42(28)57-10)25-59-24-31-17-19-32(54-7)20-18-31)21-35(49(6)47(53)63-48(3,4)5)46(52)50-22-37(51)39-38(36(50)26-60-23-30-15-13-12-14-16-30)45-43(61-27-62-45)29(2)41(39)56-9/h12-20,35-36H,21-27H2,1-11H3/t35-,36+/m1/s1. The van der Waals surface area contributed by atoms with Crippen LogP contribution in [0.15, 0.2) is 54.6 Å². The molecule has 63 heavy (non-hydrogen) atoms. The van der Waals surface area contributed by atoms with E-state index in [1.807, 2.05) is 61.5 Å². The summed E-state index contributed by atoms with van der Waals surface area (Å²) in [6, 6.07) is 14.9. The molecule has 15 nitrogen and oxygen atoms in total. The predicted molar refractivity (Wildman–Crippen MR) is 233 cm³/mol. The predicted octanol–water partition coefficient (Wildman–Crippen LogP) is 7.55. The van der Waals surface area contributed by atoms with Crippen LogP contribution in [0, 0.1) is 13.8 Å². The fourth-order valence-electron chi connectivity index (χ4n) is 8.15. The van der Waals surface area contributed by atoms with Crippen molar-refractivity contribution in [1.29, 1.82) is 0 Å². The third-order valence-electron chi connectivity index (χ3n) is 11.1. The van der Waals surface area contributed by atoms with Gasteiger partial charge in [0.2, 0.25) is 12.7 Å². The highest BCUT2D eigenvalue weighted by Crippen LogP contribution is 2.52. The third kappa shape index (κ3) is 9.74. The highest BCUT2D eigenvalue weighted by atomic mass is 16.7. The molecule has 0 saturated heterocycles. The molecule has 0 spiro atoms. The number of methoxy groups -OCH3 is 5. The van der Waals surface area contributed by atoms with Crippen LogP contribution >= 0.6 is 0 Å². The molecule has 4 aromatic carbocycles. The normalized spacial score (nSPS) is 14.7. The number of hydrogen-bond acceptors (Lipinski definition) is 13. The largest absolute Gasteiger partial charge is 0.497 e. The minimum Gasteiger partial charge on any atom is -0.497 e. The average molecular weight is 871 g/mol. The molecule has 0 aromatic heterocycles. The van der Waals surface area contributed by atoms with Crippen LogP contribution in [0.5, 0.6) is 40.2 Å². The van der Waals surface area contributed by atoms with Crippen LogP contribution in [0.4, 0.5) is 4.79 Å². The van der Waals surface area contributed by atoms with Gasteiger partial charge in [-0.25, -0.2) is 4.79 Å². The second kappa shape index (κ2) is 19.9. The van der Waals surface area contributed by atoms with Crippen molar-refractivity contribution < 1.29 is 61.8 Å². The summed E-state index contributed by atoms with van der Waals surface area (Å²) in [4.78, 5) is 47.0. The topological polar surface area (TPSA) is 150 Å². The van der Waals surface area contributed by atoms with Crippen LogP contribution in [0.3, 0.4) is 0 Å². The van der Waals surface area contributed by atoms with E-state index in [-0.39, 0.29) is 57.5 Å². The Labute approximate surface area is 368 Å². The van der Waals surface area contributed by atoms with Crippen molar-refractivity contribution in [2.45, 2.75) is 78.5 Å². The van der Waals surface area contributed by atoms with Crippen LogP contribution in [0.1, 0.15) is 76.1 Å². The molecule has 2 aliphatic rings. The van der Waals surface area contributed by atoms with Gasteiger partial charge in [0.25, 0.3) is 0 Å². The molecule has 0 N–H and O–H groups in total. The van der Waals surface area contributed by atoms with Gasteiger partial charge in [-0.1, -0.05) is 42.5 Å². The first-order chi connectivity index (χ1) is 30.2. The van der Waals surface area contributed by atoms with Crippen molar-refractivity contribution in [2.75, 3.05) is 62.5 Å². The number of benzene rings is 4. The summed E-state index contributed by atoms with van der Waals surface area (Å²) >= 11 is 0. The molecule has 2 atom stereocenters. The van der Waals surface area contributed by atoms with Crippen molar-refractivity contribution in [3.05, 3.63) is 99.1 Å². The van der Waals surface area contributed by atoms with E-state index in [1.165, 1.54) is 45.3 Å². The summed E-state index contributed by atoms with van der Waals surface area (Å²) in [7, 11) is 9.16. The zero-order chi connectivity index (χ0) is 45.6. The fourth-order valence-corrected chi connectivity index (χ4v) is 8.15. The summed E-state index contributed by atoms with van der Waals surface area (Å²) in [5, 5.41) is 0. The van der Waals surface area contributed by atoms with Crippen LogP contribution < -0.4 is 33.2 Å². The van der Waals surface area contributed by atoms with Crippen molar-refractivity contribution in [1.82, 2.24) is 9.80 Å². The Bertz CT molecular complexity index is 2290. The molecule has 0 saturated carbocycles. The summed E-state index contributed by atoms with van der Waals surface area (Å²) in [6.07, 6.45) is -0.880. The quantitative estimate of drug-likeness (QED) is 0.103. The number of rotatable bonds is 17. The first-order valence-electron chi connectivity index (χ1n) is 20.6. The Hall–Kier alpha value is -6.19. The summed E-state index contributed by atoms with van der Waals surface area (Å²) in [6.45, 7) is 8.78. The Morgan fingerprint density at radius 3 is 1.98 bits per heavy atom. The SMILES string of the molecule is COc1ccc(COCc2c(C[C@H](C(=O)N3CC(=O)c4c(OC)c(C)c5c(c4[C@@H]3COCc3ccccc3)OCO5)N(C)C(=O)OC(C)(C)C)c(OC)c(C)c(OC)c2OC)cc1. The van der Waals surface area contributed by atoms with Crippen LogP contribution in [-0.4, -0.2) is 102 Å². The number of hydrogen-bond donors (Lipinski definition) is 0. The van der Waals surface area contributed by atoms with Gasteiger partial charge in [0.1, 0.15) is 28.9 Å². The van der Waals surface area contributed by atoms with E-state index in [0.717, 1.165) is 11.1 Å². The molecule has 2 aliphatic heterocycles. The maximum atomic E-state index is 15.7. The van der Waals surface area contributed by atoms with E-state index in [4.69, 9.17) is 47.4 Å². The van der Waals surface area contributed by atoms with E-state index >= 15 is 4.79 Å². The van der Waals surface area contributed by atoms with Crippen LogP contribution in [-0.2, 0) is 45.2 Å². The number of Topliss-reactive ketones (excluding diaryl/α,β-unsaturated/α-hetero) is 1. The second-order valence-corrected chi connectivity index (χ2v) is 16.3. The van der Waals surface area contributed by atoms with Gasteiger partial charge in [0, 0.05) is 41.3 Å². The first-order valence-corrected chi connectivity index (χ1v) is 20.6. The van der Waals surface area contributed by atoms with Crippen molar-refractivity contribution in [3.63, 3.8) is 0 Å². The van der Waals surface area contributed by atoms with Crippen LogP contribution in [0.25, 0.3) is 0 Å². The Morgan fingerprint density at radius 2 is 1.37 bits per heavy atom. The maximum absolute atomic E-state index is 15.7. The van der Waals surface area contributed by atoms with Crippen molar-refractivity contribution >= 4 is 17.8 Å². The van der Waals surface area contributed by atoms with Gasteiger partial charge in [-0.15, -0.1) is 0 Å². The smallest absolute Gasteiger partial charge is 0.410 e. The third-order valence-corrected chi connectivity index (χ3v) is 11.1. The molecule has 0 radical (unpaired) electrons. The van der Waals surface area contributed by atoms with Crippen molar-refractivity contribution in [3.8, 4) is 40.2 Å². The number of nitrogens with zero attached hydrogens (tertiary/aromatic N) is 2. The number of fused-ring (bicyclic) bond motifs is 3. The lowest BCUT2D eigenvalue weighted by atomic mass is 9.86. The molecule has 338 valence electrons. The molecule has 2 amide bonds. The van der Waals surface area contributed by atoms with Gasteiger partial charge in [-0.2, -0.15) is 0 Å². The Morgan fingerprint density at radius 1 is 0.746 bits per heavy atom. The number of likely N-dealkylation sites (N-methyl/N-ethyl adjacent to an activating group) is 1. The minimum absolute atomic E-state index is 0.00272. The maximum Gasteiger partial charge on any atom is 0.410 e. The summed E-state index contributed by atoms with van der Waals surface area (Å²) in [5.41, 5.74) is 3.82. The van der Waals surface area contributed by atoms with Gasteiger partial charge in [-0.3, -0.25) is 14.5 Å². The molecule has 0 unspecified atom stereocenters. The average Bonchev–Trinajstić information content (AvgIpc) is 3.77. The lowest BCUT2D eigenvalue weighted by Gasteiger charge is -2.41. The fraction of sp³-hybridized carbons (Fsp3) is 0.438. The highest BCUT2D eigenvalue weighted by molar-refractivity contribution is 6.07. The summed E-state index contributed by atoms with van der Waals surface area (Å²) in [5.74, 6) is 2.01. The number of carbonyl (C=O) groups is 3. The molecule has 0 fully saturated rings. The van der Waals surface area contributed by atoms with Gasteiger partial charge in [0.15, 0.2) is 28.8 Å². The molecule has 15 heteroatoms. The Balaban J connectivity index is 1.48. The lowest BCUT2D eigenvalue weighted by Crippen LogP contribution is -2.55. The number of carbonyl (C=O) groups excluding carboxylic acids is 3. The lowest BCUT2D eigenvalue weighted by molar-refractivity contribution is -0.140. The molecular weight excluding hydrogens is 813 g/mol. The first kappa shape index (κ1) is 46.3. The number of ether oxygens (including phenoxy) is 10. The molecule has 0 aliphatic carbocycles. The molecule has 6 rings (SSSR count). The zero-order valence-electron chi connectivity index (χ0n) is 38.0. The molecular formula is C48H58N2O13. The molecule has 4 aromatic rings. The highest BCUT2D eigenvalue weighted by Gasteiger charge is 2.46. The van der Waals surface area contributed by atoms with Crippen LogP contribution in [0.2, 0.25) is 0 Å². The van der Waals surface area contributed by atoms with E-state index in [9.17, 15) is 9.59 Å². The number of ketones is 1. The molecule has 0 bridgehead atoms. The molecule has 2 heterocycles.